The highest BCUT2D eigenvalue weighted by Crippen LogP contribution is 2.38. The van der Waals surface area contributed by atoms with E-state index >= 15 is 0 Å². The molecule has 1 aliphatic rings. The van der Waals surface area contributed by atoms with E-state index in [0.717, 1.165) is 21.6 Å². The van der Waals surface area contributed by atoms with Gasteiger partial charge in [-0.25, -0.2) is 9.78 Å². The Morgan fingerprint density at radius 1 is 1.07 bits per heavy atom. The molecule has 2 N–H and O–H groups in total. The van der Waals surface area contributed by atoms with E-state index < -0.39 is 11.6 Å². The maximum Gasteiger partial charge on any atom is 0.324 e. The fraction of sp³-hybridized carbons (Fsp3) is 0.400. The molecular weight excluding hydrogens is 526 g/mol. The molecule has 2 aromatic heterocycles. The number of likely N-dealkylation sites (N-methyl/N-ethyl adjacent to an activating group) is 1. The molecule has 0 unspecified atom stereocenters. The van der Waals surface area contributed by atoms with Crippen molar-refractivity contribution in [3.8, 4) is 17.0 Å². The number of carbonyl (C=O) groups is 3. The maximum absolute atomic E-state index is 13.8. The highest BCUT2D eigenvalue weighted by Gasteiger charge is 2.44. The van der Waals surface area contributed by atoms with Crippen LogP contribution in [0.4, 0.5) is 15.5 Å². The van der Waals surface area contributed by atoms with Gasteiger partial charge >= 0.3 is 6.03 Å². The zero-order valence-electron chi connectivity index (χ0n) is 24.3. The number of anilines is 2. The van der Waals surface area contributed by atoms with Gasteiger partial charge in [0.15, 0.2) is 0 Å². The molecule has 1 aliphatic heterocycles. The zero-order chi connectivity index (χ0) is 29.4. The summed E-state index contributed by atoms with van der Waals surface area (Å²) in [7, 11) is 3.31. The molecule has 0 atom stereocenters. The van der Waals surface area contributed by atoms with Gasteiger partial charge in [-0.3, -0.25) is 14.9 Å². The summed E-state index contributed by atoms with van der Waals surface area (Å²) in [6, 6.07) is 10.7. The minimum absolute atomic E-state index is 0.118. The predicted octanol–water partition coefficient (Wildman–Crippen LogP) is 5.76. The number of rotatable bonds is 5. The van der Waals surface area contributed by atoms with Crippen LogP contribution in [0.1, 0.15) is 55.4 Å². The number of hydrogen-bond acceptors (Lipinski definition) is 6. The van der Waals surface area contributed by atoms with Gasteiger partial charge in [0, 0.05) is 48.5 Å². The summed E-state index contributed by atoms with van der Waals surface area (Å²) < 4.78 is 5.16. The molecule has 0 saturated carbocycles. The van der Waals surface area contributed by atoms with E-state index in [-0.39, 0.29) is 17.2 Å². The number of carbonyl (C=O) groups excluding carboxylic acids is 3. The van der Waals surface area contributed by atoms with Crippen LogP contribution in [0, 0.1) is 6.92 Å². The van der Waals surface area contributed by atoms with Crippen molar-refractivity contribution in [3.05, 3.63) is 58.6 Å². The second-order valence-corrected chi connectivity index (χ2v) is 12.6. The summed E-state index contributed by atoms with van der Waals surface area (Å²) in [6.07, 6.45) is 1.73. The van der Waals surface area contributed by atoms with Crippen LogP contribution in [0.5, 0.6) is 5.88 Å². The first-order chi connectivity index (χ1) is 18.7. The summed E-state index contributed by atoms with van der Waals surface area (Å²) >= 11 is 1.37. The van der Waals surface area contributed by atoms with Gasteiger partial charge in [0.05, 0.1) is 12.7 Å². The Labute approximate surface area is 239 Å². The number of benzene rings is 1. The Morgan fingerprint density at radius 3 is 2.42 bits per heavy atom. The molecule has 1 fully saturated rings. The molecule has 1 aromatic carbocycles. The first-order valence-corrected chi connectivity index (χ1v) is 13.9. The van der Waals surface area contributed by atoms with Crippen molar-refractivity contribution < 1.29 is 19.1 Å². The smallest absolute Gasteiger partial charge is 0.324 e. The molecular formula is C30H37N5O4S. The molecule has 4 amide bonds. The van der Waals surface area contributed by atoms with Crippen LogP contribution < -0.4 is 15.4 Å². The third-order valence-corrected chi connectivity index (χ3v) is 8.61. The highest BCUT2D eigenvalue weighted by molar-refractivity contribution is 7.16. The topological polar surface area (TPSA) is 104 Å². The number of aromatic nitrogens is 1. The lowest BCUT2D eigenvalue weighted by Crippen LogP contribution is -2.63. The normalized spacial score (nSPS) is 15.2. The van der Waals surface area contributed by atoms with E-state index in [0.29, 0.717) is 35.2 Å². The Hall–Kier alpha value is -3.92. The molecule has 3 heterocycles. The van der Waals surface area contributed by atoms with Crippen molar-refractivity contribution in [3.63, 3.8) is 0 Å². The van der Waals surface area contributed by atoms with E-state index in [1.54, 1.807) is 50.1 Å². The number of nitrogens with one attached hydrogen (secondary N) is 2. The number of piperazine rings is 1. The van der Waals surface area contributed by atoms with Gasteiger partial charge < -0.3 is 19.9 Å². The largest absolute Gasteiger partial charge is 0.481 e. The van der Waals surface area contributed by atoms with Gasteiger partial charge in [0.25, 0.3) is 5.91 Å². The van der Waals surface area contributed by atoms with Gasteiger partial charge in [-0.2, -0.15) is 0 Å². The number of ether oxygens (including phenoxy) is 1. The number of nitrogens with zero attached hydrogens (tertiary/aromatic N) is 3. The Bertz CT molecular complexity index is 1440. The molecule has 0 radical (unpaired) electrons. The quantitative estimate of drug-likeness (QED) is 0.411. The van der Waals surface area contributed by atoms with Crippen LogP contribution >= 0.6 is 11.3 Å². The van der Waals surface area contributed by atoms with E-state index in [1.807, 2.05) is 37.3 Å². The van der Waals surface area contributed by atoms with Crippen molar-refractivity contribution in [1.29, 1.82) is 0 Å². The molecule has 0 bridgehead atoms. The molecule has 0 aliphatic carbocycles. The van der Waals surface area contributed by atoms with Crippen molar-refractivity contribution in [1.82, 2.24) is 14.8 Å². The van der Waals surface area contributed by atoms with Gasteiger partial charge in [-0.1, -0.05) is 26.8 Å². The number of hydrogen-bond donors (Lipinski definition) is 2. The van der Waals surface area contributed by atoms with Crippen LogP contribution in [0.25, 0.3) is 11.1 Å². The average molecular weight is 564 g/mol. The highest BCUT2D eigenvalue weighted by atomic mass is 32.1. The third-order valence-electron chi connectivity index (χ3n) is 7.13. The molecule has 0 spiro atoms. The number of urea groups is 1. The van der Waals surface area contributed by atoms with Gasteiger partial charge in [-0.15, -0.1) is 11.3 Å². The fourth-order valence-electron chi connectivity index (χ4n) is 4.66. The number of amides is 4. The minimum atomic E-state index is -0.998. The molecule has 3 aromatic rings. The second kappa shape index (κ2) is 10.9. The minimum Gasteiger partial charge on any atom is -0.481 e. The van der Waals surface area contributed by atoms with Gasteiger partial charge in [-0.05, 0) is 61.6 Å². The first-order valence-electron chi connectivity index (χ1n) is 13.1. The lowest BCUT2D eigenvalue weighted by Gasteiger charge is -2.44. The molecule has 212 valence electrons. The number of thiophene rings is 1. The van der Waals surface area contributed by atoms with E-state index in [9.17, 15) is 14.4 Å². The predicted molar refractivity (Wildman–Crippen MR) is 159 cm³/mol. The molecule has 40 heavy (non-hydrogen) atoms. The SMILES string of the molecule is COc1ccc(-c2cc(NC(=O)Nc3sc(C(C)(C)C)cc3C(=O)N3CCN(C)C(=O)C3(C)C)ccc2C)cn1. The molecule has 10 heteroatoms. The van der Waals surface area contributed by atoms with Crippen LogP contribution in [0.15, 0.2) is 42.6 Å². The molecule has 4 rings (SSSR count). The van der Waals surface area contributed by atoms with Crippen molar-refractivity contribution in [2.75, 3.05) is 37.9 Å². The fourth-order valence-corrected chi connectivity index (χ4v) is 5.77. The summed E-state index contributed by atoms with van der Waals surface area (Å²) in [6.45, 7) is 12.5. The van der Waals surface area contributed by atoms with Crippen LogP contribution in [-0.2, 0) is 10.2 Å². The van der Waals surface area contributed by atoms with E-state index in [2.05, 4.69) is 36.4 Å². The summed E-state index contributed by atoms with van der Waals surface area (Å²) in [5, 5.41) is 6.25. The molecule has 9 nitrogen and oxygen atoms in total. The lowest BCUT2D eigenvalue weighted by atomic mass is 9.93. The Morgan fingerprint density at radius 2 is 1.80 bits per heavy atom. The number of methoxy groups -OCH3 is 1. The van der Waals surface area contributed by atoms with Gasteiger partial charge in [0.2, 0.25) is 11.8 Å². The third kappa shape index (κ3) is 5.82. The monoisotopic (exact) mass is 563 g/mol. The van der Waals surface area contributed by atoms with Crippen LogP contribution in [0.2, 0.25) is 0 Å². The summed E-state index contributed by atoms with van der Waals surface area (Å²) in [5.74, 6) is 0.126. The maximum atomic E-state index is 13.8. The van der Waals surface area contributed by atoms with E-state index in [1.165, 1.54) is 11.3 Å². The Kier molecular flexibility index (Phi) is 7.94. The van der Waals surface area contributed by atoms with Crippen LogP contribution in [-0.4, -0.2) is 65.4 Å². The summed E-state index contributed by atoms with van der Waals surface area (Å²) in [4.78, 5) is 48.4. The van der Waals surface area contributed by atoms with Crippen molar-refractivity contribution in [2.45, 2.75) is 52.5 Å². The Balaban J connectivity index is 1.60. The van der Waals surface area contributed by atoms with Crippen LogP contribution in [0.3, 0.4) is 0 Å². The van der Waals surface area contributed by atoms with Crippen molar-refractivity contribution >= 4 is 39.9 Å². The molecule has 1 saturated heterocycles. The number of pyridine rings is 1. The lowest BCUT2D eigenvalue weighted by molar-refractivity contribution is -0.144. The summed E-state index contributed by atoms with van der Waals surface area (Å²) in [5.41, 5.74) is 2.60. The second-order valence-electron chi connectivity index (χ2n) is 11.5. The average Bonchev–Trinajstić information content (AvgIpc) is 3.32. The number of aryl methyl sites for hydroxylation is 1. The first kappa shape index (κ1) is 29.1. The standard InChI is InChI=1S/C30H37N5O4S/c1-18-9-11-20(15-21(18)19-10-12-24(39-8)31-17-19)32-28(38)33-25-22(16-23(40-25)29(2,3)4)26(36)35-14-13-34(7)27(37)30(35,5)6/h9-12,15-17H,13-14H2,1-8H3,(H2,32,33,38). The van der Waals surface area contributed by atoms with Gasteiger partial charge in [0.1, 0.15) is 10.5 Å². The zero-order valence-corrected chi connectivity index (χ0v) is 25.2. The van der Waals surface area contributed by atoms with E-state index in [4.69, 9.17) is 4.74 Å². The van der Waals surface area contributed by atoms with Crippen molar-refractivity contribution in [2.24, 2.45) is 0 Å².